The topological polar surface area (TPSA) is 22.0 Å². The number of hydrogen-bond donors (Lipinski definition) is 0. The fourth-order valence-electron chi connectivity index (χ4n) is 1.89. The average Bonchev–Trinajstić information content (AvgIpc) is 2.76. The van der Waals surface area contributed by atoms with E-state index in [9.17, 15) is 4.79 Å². The van der Waals surface area contributed by atoms with E-state index in [1.54, 1.807) is 11.3 Å². The lowest BCUT2D eigenvalue weighted by Gasteiger charge is -2.04. The van der Waals surface area contributed by atoms with Crippen LogP contribution in [0.2, 0.25) is 0 Å². The van der Waals surface area contributed by atoms with Crippen molar-refractivity contribution >= 4 is 21.4 Å². The molecule has 0 radical (unpaired) electrons. The Labute approximate surface area is 99.5 Å². The van der Waals surface area contributed by atoms with Crippen LogP contribution in [0.15, 0.2) is 28.5 Å². The number of hydrogen-bond acceptors (Lipinski definition) is 2. The van der Waals surface area contributed by atoms with Gasteiger partial charge in [0.1, 0.15) is 0 Å². The van der Waals surface area contributed by atoms with Crippen molar-refractivity contribution in [2.45, 2.75) is 39.2 Å². The number of nitrogens with zero attached hydrogens (tertiary/aromatic N) is 1. The summed E-state index contributed by atoms with van der Waals surface area (Å²) in [5.41, 5.74) is 0.162. The second-order valence-electron chi connectivity index (χ2n) is 4.07. The highest BCUT2D eigenvalue weighted by Crippen LogP contribution is 2.16. The molecular weight excluding hydrogens is 218 g/mol. The molecular formula is C13H17NOS. The molecule has 2 rings (SSSR count). The van der Waals surface area contributed by atoms with Gasteiger partial charge in [-0.05, 0) is 23.9 Å². The largest absolute Gasteiger partial charge is 0.315 e. The first kappa shape index (κ1) is 11.4. The Kier molecular flexibility index (Phi) is 3.78. The summed E-state index contributed by atoms with van der Waals surface area (Å²) < 4.78 is 2.93. The molecule has 0 fully saturated rings. The Bertz CT molecular complexity index is 512. The molecule has 0 unspecified atom stereocenters. The van der Waals surface area contributed by atoms with E-state index in [0.717, 1.165) is 23.1 Å². The van der Waals surface area contributed by atoms with Gasteiger partial charge in [-0.2, -0.15) is 0 Å². The van der Waals surface area contributed by atoms with E-state index in [1.165, 1.54) is 19.3 Å². The molecule has 16 heavy (non-hydrogen) atoms. The molecule has 0 aliphatic carbocycles. The third-order valence-corrected chi connectivity index (χ3v) is 3.73. The summed E-state index contributed by atoms with van der Waals surface area (Å²) >= 11 is 1.63. The van der Waals surface area contributed by atoms with Crippen molar-refractivity contribution in [1.29, 1.82) is 0 Å². The van der Waals surface area contributed by atoms with Gasteiger partial charge in [0.25, 0.3) is 5.56 Å². The first-order valence-electron chi connectivity index (χ1n) is 5.89. The second kappa shape index (κ2) is 5.30. The maximum absolute atomic E-state index is 12.0. The third kappa shape index (κ3) is 2.35. The highest BCUT2D eigenvalue weighted by Gasteiger charge is 2.02. The van der Waals surface area contributed by atoms with Crippen molar-refractivity contribution in [2.24, 2.45) is 0 Å². The zero-order chi connectivity index (χ0) is 11.4. The maximum Gasteiger partial charge on any atom is 0.259 e. The van der Waals surface area contributed by atoms with Crippen LogP contribution in [0.4, 0.5) is 0 Å². The van der Waals surface area contributed by atoms with Crippen LogP contribution in [0.3, 0.4) is 0 Å². The van der Waals surface area contributed by atoms with Crippen molar-refractivity contribution in [3.05, 3.63) is 34.1 Å². The molecule has 0 saturated heterocycles. The molecule has 0 aromatic carbocycles. The maximum atomic E-state index is 12.0. The van der Waals surface area contributed by atoms with Gasteiger partial charge in [0.2, 0.25) is 0 Å². The van der Waals surface area contributed by atoms with Crippen LogP contribution in [0.25, 0.3) is 10.1 Å². The monoisotopic (exact) mass is 235 g/mol. The van der Waals surface area contributed by atoms with Gasteiger partial charge in [-0.15, -0.1) is 11.3 Å². The molecule has 0 bridgehead atoms. The Balaban J connectivity index is 2.12. The fraction of sp³-hybridized carbons (Fsp3) is 0.462. The molecule has 2 heterocycles. The Morgan fingerprint density at radius 1 is 1.25 bits per heavy atom. The van der Waals surface area contributed by atoms with E-state index in [1.807, 2.05) is 28.3 Å². The first-order valence-corrected chi connectivity index (χ1v) is 6.77. The van der Waals surface area contributed by atoms with Gasteiger partial charge in [0.15, 0.2) is 0 Å². The Hall–Kier alpha value is -1.09. The van der Waals surface area contributed by atoms with Crippen LogP contribution >= 0.6 is 11.3 Å². The van der Waals surface area contributed by atoms with Crippen molar-refractivity contribution in [3.8, 4) is 0 Å². The summed E-state index contributed by atoms with van der Waals surface area (Å²) in [4.78, 5) is 12.0. The van der Waals surface area contributed by atoms with Crippen molar-refractivity contribution in [1.82, 2.24) is 4.57 Å². The lowest BCUT2D eigenvalue weighted by Crippen LogP contribution is -2.18. The van der Waals surface area contributed by atoms with E-state index in [0.29, 0.717) is 0 Å². The Morgan fingerprint density at radius 2 is 2.12 bits per heavy atom. The first-order chi connectivity index (χ1) is 7.83. The SMILES string of the molecule is CCCCCCn1ccc2sccc2c1=O. The van der Waals surface area contributed by atoms with Crippen LogP contribution in [-0.4, -0.2) is 4.57 Å². The number of aromatic nitrogens is 1. The van der Waals surface area contributed by atoms with Gasteiger partial charge >= 0.3 is 0 Å². The van der Waals surface area contributed by atoms with Gasteiger partial charge < -0.3 is 4.57 Å². The van der Waals surface area contributed by atoms with E-state index in [2.05, 4.69) is 6.92 Å². The number of rotatable bonds is 5. The standard InChI is InChI=1S/C13H17NOS/c1-2-3-4-5-8-14-9-6-12-11(13(14)15)7-10-16-12/h6-7,9-10H,2-5,8H2,1H3. The number of thiophene rings is 1. The summed E-state index contributed by atoms with van der Waals surface area (Å²) in [7, 11) is 0. The lowest BCUT2D eigenvalue weighted by atomic mass is 10.2. The molecule has 86 valence electrons. The van der Waals surface area contributed by atoms with Crippen LogP contribution in [0.5, 0.6) is 0 Å². The van der Waals surface area contributed by atoms with Gasteiger partial charge in [0, 0.05) is 17.4 Å². The van der Waals surface area contributed by atoms with E-state index >= 15 is 0 Å². The van der Waals surface area contributed by atoms with E-state index < -0.39 is 0 Å². The molecule has 0 N–H and O–H groups in total. The van der Waals surface area contributed by atoms with Crippen molar-refractivity contribution in [3.63, 3.8) is 0 Å². The number of aryl methyl sites for hydroxylation is 1. The summed E-state index contributed by atoms with van der Waals surface area (Å²) in [5, 5.41) is 2.84. The van der Waals surface area contributed by atoms with Gasteiger partial charge in [-0.25, -0.2) is 0 Å². The number of pyridine rings is 1. The molecule has 0 amide bonds. The summed E-state index contributed by atoms with van der Waals surface area (Å²) in [5.74, 6) is 0. The zero-order valence-corrected chi connectivity index (χ0v) is 10.4. The molecule has 0 aliphatic heterocycles. The third-order valence-electron chi connectivity index (χ3n) is 2.84. The normalized spacial score (nSPS) is 11.1. The predicted octanol–water partition coefficient (Wildman–Crippen LogP) is 3.64. The Morgan fingerprint density at radius 3 is 2.94 bits per heavy atom. The molecule has 2 nitrogen and oxygen atoms in total. The highest BCUT2D eigenvalue weighted by atomic mass is 32.1. The van der Waals surface area contributed by atoms with Gasteiger partial charge in [-0.3, -0.25) is 4.79 Å². The number of fused-ring (bicyclic) bond motifs is 1. The quantitative estimate of drug-likeness (QED) is 0.725. The number of unbranched alkanes of at least 4 members (excludes halogenated alkanes) is 3. The smallest absolute Gasteiger partial charge is 0.259 e. The van der Waals surface area contributed by atoms with E-state index in [4.69, 9.17) is 0 Å². The summed E-state index contributed by atoms with van der Waals surface area (Å²) in [6.07, 6.45) is 6.73. The van der Waals surface area contributed by atoms with Crippen LogP contribution in [0, 0.1) is 0 Å². The summed E-state index contributed by atoms with van der Waals surface area (Å²) in [6, 6.07) is 3.96. The van der Waals surface area contributed by atoms with Crippen molar-refractivity contribution in [2.75, 3.05) is 0 Å². The van der Waals surface area contributed by atoms with Crippen LogP contribution in [-0.2, 0) is 6.54 Å². The molecule has 3 heteroatoms. The van der Waals surface area contributed by atoms with Crippen LogP contribution in [0.1, 0.15) is 32.6 Å². The van der Waals surface area contributed by atoms with Gasteiger partial charge in [-0.1, -0.05) is 26.2 Å². The molecule has 0 aliphatic rings. The molecule has 0 spiro atoms. The van der Waals surface area contributed by atoms with Crippen molar-refractivity contribution < 1.29 is 0 Å². The average molecular weight is 235 g/mol. The second-order valence-corrected chi connectivity index (χ2v) is 5.02. The minimum Gasteiger partial charge on any atom is -0.315 e. The molecule has 0 saturated carbocycles. The summed E-state index contributed by atoms with van der Waals surface area (Å²) in [6.45, 7) is 3.05. The molecule has 2 aromatic heterocycles. The predicted molar refractivity (Wildman–Crippen MR) is 70.2 cm³/mol. The van der Waals surface area contributed by atoms with E-state index in [-0.39, 0.29) is 5.56 Å². The zero-order valence-electron chi connectivity index (χ0n) is 9.61. The van der Waals surface area contributed by atoms with Gasteiger partial charge in [0.05, 0.1) is 5.39 Å². The molecule has 2 aromatic rings. The van der Waals surface area contributed by atoms with Crippen LogP contribution < -0.4 is 5.56 Å². The lowest BCUT2D eigenvalue weighted by molar-refractivity contribution is 0.573. The minimum atomic E-state index is 0.162. The fourth-order valence-corrected chi connectivity index (χ4v) is 2.66. The minimum absolute atomic E-state index is 0.162. The highest BCUT2D eigenvalue weighted by molar-refractivity contribution is 7.17. The molecule has 0 atom stereocenters.